The van der Waals surface area contributed by atoms with Crippen molar-refractivity contribution in [2.45, 2.75) is 26.7 Å². The van der Waals surface area contributed by atoms with E-state index in [-0.39, 0.29) is 0 Å². The minimum Gasteiger partial charge on any atom is -0.329 e. The van der Waals surface area contributed by atoms with Crippen LogP contribution in [0, 0.1) is 18.3 Å². The van der Waals surface area contributed by atoms with Crippen LogP contribution in [0.5, 0.6) is 0 Å². The third-order valence-corrected chi connectivity index (χ3v) is 3.65. The zero-order valence-corrected chi connectivity index (χ0v) is 13.1. The molecular weight excluding hydrogens is 284 g/mol. The van der Waals surface area contributed by atoms with Crippen LogP contribution in [-0.4, -0.2) is 17.0 Å². The van der Waals surface area contributed by atoms with E-state index in [2.05, 4.69) is 23.0 Å². The molecule has 1 aromatic heterocycles. The van der Waals surface area contributed by atoms with Crippen molar-refractivity contribution in [2.75, 3.05) is 11.9 Å². The molecule has 0 bridgehead atoms. The second-order valence-corrected chi connectivity index (χ2v) is 5.20. The van der Waals surface area contributed by atoms with Gasteiger partial charge in [0.1, 0.15) is 16.8 Å². The van der Waals surface area contributed by atoms with Crippen LogP contribution in [0.3, 0.4) is 0 Å². The molecular formula is C16H17ClN4. The Kier molecular flexibility index (Phi) is 4.77. The molecule has 0 N–H and O–H groups in total. The van der Waals surface area contributed by atoms with Gasteiger partial charge in [-0.1, -0.05) is 18.5 Å². The number of benzene rings is 1. The number of anilines is 2. The Morgan fingerprint density at radius 1 is 1.24 bits per heavy atom. The SMILES string of the molecule is CCCc1nc(Cl)c(C)c(N(C)c2ccc(C#N)cc2)n1. The quantitative estimate of drug-likeness (QED) is 0.800. The fourth-order valence-corrected chi connectivity index (χ4v) is 2.25. The summed E-state index contributed by atoms with van der Waals surface area (Å²) in [5.41, 5.74) is 2.44. The number of hydrogen-bond acceptors (Lipinski definition) is 4. The molecule has 0 atom stereocenters. The van der Waals surface area contributed by atoms with Crippen LogP contribution in [0.1, 0.15) is 30.3 Å². The second kappa shape index (κ2) is 6.55. The van der Waals surface area contributed by atoms with Crippen LogP contribution < -0.4 is 4.90 Å². The normalized spacial score (nSPS) is 10.2. The van der Waals surface area contributed by atoms with Crippen LogP contribution in [0.2, 0.25) is 5.15 Å². The van der Waals surface area contributed by atoms with Gasteiger partial charge in [-0.25, -0.2) is 9.97 Å². The van der Waals surface area contributed by atoms with Crippen LogP contribution >= 0.6 is 11.6 Å². The lowest BCUT2D eigenvalue weighted by Gasteiger charge is -2.21. The largest absolute Gasteiger partial charge is 0.329 e. The van der Waals surface area contributed by atoms with Crippen molar-refractivity contribution in [3.05, 3.63) is 46.4 Å². The summed E-state index contributed by atoms with van der Waals surface area (Å²) in [4.78, 5) is 10.9. The van der Waals surface area contributed by atoms with Gasteiger partial charge in [-0.2, -0.15) is 5.26 Å². The lowest BCUT2D eigenvalue weighted by molar-refractivity contribution is 0.826. The van der Waals surface area contributed by atoms with E-state index >= 15 is 0 Å². The van der Waals surface area contributed by atoms with E-state index in [9.17, 15) is 0 Å². The van der Waals surface area contributed by atoms with Crippen molar-refractivity contribution >= 4 is 23.1 Å². The first-order valence-corrected chi connectivity index (χ1v) is 7.21. The van der Waals surface area contributed by atoms with E-state index in [0.29, 0.717) is 10.7 Å². The topological polar surface area (TPSA) is 52.8 Å². The maximum absolute atomic E-state index is 8.86. The highest BCUT2D eigenvalue weighted by Gasteiger charge is 2.14. The van der Waals surface area contributed by atoms with Gasteiger partial charge in [-0.3, -0.25) is 0 Å². The number of nitriles is 1. The lowest BCUT2D eigenvalue weighted by atomic mass is 10.2. The maximum atomic E-state index is 8.86. The summed E-state index contributed by atoms with van der Waals surface area (Å²) < 4.78 is 0. The summed E-state index contributed by atoms with van der Waals surface area (Å²) in [5.74, 6) is 1.55. The van der Waals surface area contributed by atoms with Gasteiger partial charge in [0.05, 0.1) is 11.6 Å². The van der Waals surface area contributed by atoms with Gasteiger partial charge in [-0.05, 0) is 37.6 Å². The number of nitrogens with zero attached hydrogens (tertiary/aromatic N) is 4. The van der Waals surface area contributed by atoms with Crippen molar-refractivity contribution in [1.82, 2.24) is 9.97 Å². The highest BCUT2D eigenvalue weighted by molar-refractivity contribution is 6.30. The van der Waals surface area contributed by atoms with Crippen molar-refractivity contribution < 1.29 is 0 Å². The molecule has 0 radical (unpaired) electrons. The zero-order valence-electron chi connectivity index (χ0n) is 12.4. The van der Waals surface area contributed by atoms with Gasteiger partial charge in [0.15, 0.2) is 0 Å². The van der Waals surface area contributed by atoms with Gasteiger partial charge in [0.25, 0.3) is 0 Å². The Morgan fingerprint density at radius 3 is 2.48 bits per heavy atom. The Bertz CT molecular complexity index is 674. The monoisotopic (exact) mass is 300 g/mol. The molecule has 0 aliphatic rings. The highest BCUT2D eigenvalue weighted by Crippen LogP contribution is 2.28. The fourth-order valence-electron chi connectivity index (χ4n) is 2.06. The smallest absolute Gasteiger partial charge is 0.140 e. The molecule has 5 heteroatoms. The molecule has 0 fully saturated rings. The van der Waals surface area contributed by atoms with E-state index < -0.39 is 0 Å². The van der Waals surface area contributed by atoms with Crippen LogP contribution in [0.4, 0.5) is 11.5 Å². The summed E-state index contributed by atoms with van der Waals surface area (Å²) in [6, 6.07) is 9.48. The van der Waals surface area contributed by atoms with Gasteiger partial charge >= 0.3 is 0 Å². The first-order chi connectivity index (χ1) is 10.1. The molecule has 1 aromatic carbocycles. The van der Waals surface area contributed by atoms with Crippen LogP contribution in [0.15, 0.2) is 24.3 Å². The van der Waals surface area contributed by atoms with Gasteiger partial charge in [0.2, 0.25) is 0 Å². The molecule has 0 amide bonds. The molecule has 0 spiro atoms. The van der Waals surface area contributed by atoms with Crippen molar-refractivity contribution in [3.8, 4) is 6.07 Å². The first-order valence-electron chi connectivity index (χ1n) is 6.83. The molecule has 0 saturated heterocycles. The molecule has 21 heavy (non-hydrogen) atoms. The molecule has 2 aromatic rings. The summed E-state index contributed by atoms with van der Waals surface area (Å²) in [6.07, 6.45) is 1.77. The third-order valence-electron chi connectivity index (χ3n) is 3.28. The number of rotatable bonds is 4. The van der Waals surface area contributed by atoms with Crippen LogP contribution in [0.25, 0.3) is 0 Å². The minimum atomic E-state index is 0.490. The summed E-state index contributed by atoms with van der Waals surface area (Å²) in [7, 11) is 1.93. The number of aryl methyl sites for hydroxylation is 1. The Hall–Kier alpha value is -2.12. The molecule has 0 aliphatic heterocycles. The molecule has 2 rings (SSSR count). The van der Waals surface area contributed by atoms with Gasteiger partial charge in [-0.15, -0.1) is 0 Å². The van der Waals surface area contributed by atoms with E-state index in [0.717, 1.165) is 35.7 Å². The van der Waals surface area contributed by atoms with E-state index in [1.807, 2.05) is 31.0 Å². The predicted molar refractivity (Wildman–Crippen MR) is 85.0 cm³/mol. The van der Waals surface area contributed by atoms with Gasteiger partial charge < -0.3 is 4.90 Å². The zero-order chi connectivity index (χ0) is 15.4. The molecule has 4 nitrogen and oxygen atoms in total. The molecule has 0 saturated carbocycles. The predicted octanol–water partition coefficient (Wildman–Crippen LogP) is 4.03. The summed E-state index contributed by atoms with van der Waals surface area (Å²) >= 11 is 6.21. The van der Waals surface area contributed by atoms with E-state index in [1.54, 1.807) is 12.1 Å². The number of hydrogen-bond donors (Lipinski definition) is 0. The van der Waals surface area contributed by atoms with Crippen molar-refractivity contribution in [3.63, 3.8) is 0 Å². The fraction of sp³-hybridized carbons (Fsp3) is 0.312. The molecule has 108 valence electrons. The third kappa shape index (κ3) is 3.32. The molecule has 0 aliphatic carbocycles. The van der Waals surface area contributed by atoms with Crippen molar-refractivity contribution in [2.24, 2.45) is 0 Å². The standard InChI is InChI=1S/C16H17ClN4/c1-4-5-14-19-15(17)11(2)16(20-14)21(3)13-8-6-12(10-18)7-9-13/h6-9H,4-5H2,1-3H3. The Labute approximate surface area is 130 Å². The number of halogens is 1. The lowest BCUT2D eigenvalue weighted by Crippen LogP contribution is -2.15. The van der Waals surface area contributed by atoms with Crippen LogP contribution in [-0.2, 0) is 6.42 Å². The Balaban J connectivity index is 2.41. The highest BCUT2D eigenvalue weighted by atomic mass is 35.5. The average Bonchev–Trinajstić information content (AvgIpc) is 2.50. The summed E-state index contributed by atoms with van der Waals surface area (Å²) in [5, 5.41) is 9.35. The minimum absolute atomic E-state index is 0.490. The Morgan fingerprint density at radius 2 is 1.90 bits per heavy atom. The number of aromatic nitrogens is 2. The van der Waals surface area contributed by atoms with E-state index in [4.69, 9.17) is 16.9 Å². The average molecular weight is 301 g/mol. The first kappa shape index (κ1) is 15.3. The maximum Gasteiger partial charge on any atom is 0.140 e. The van der Waals surface area contributed by atoms with Gasteiger partial charge in [0, 0.05) is 24.7 Å². The summed E-state index contributed by atoms with van der Waals surface area (Å²) in [6.45, 7) is 3.99. The molecule has 0 unspecified atom stereocenters. The van der Waals surface area contributed by atoms with E-state index in [1.165, 1.54) is 0 Å². The second-order valence-electron chi connectivity index (χ2n) is 4.85. The van der Waals surface area contributed by atoms with Crippen molar-refractivity contribution in [1.29, 1.82) is 5.26 Å². The molecule has 1 heterocycles.